The second-order valence-electron chi connectivity index (χ2n) is 7.66. The molecule has 0 spiro atoms. The zero-order valence-corrected chi connectivity index (χ0v) is 20.1. The number of nitrogens with zero attached hydrogens (tertiary/aromatic N) is 2. The van der Waals surface area contributed by atoms with E-state index in [4.69, 9.17) is 16.3 Å². The first-order valence-corrected chi connectivity index (χ1v) is 11.7. The van der Waals surface area contributed by atoms with E-state index in [0.717, 1.165) is 6.07 Å². The molecule has 1 aliphatic heterocycles. The number of rotatable bonds is 6. The molecule has 36 heavy (non-hydrogen) atoms. The van der Waals surface area contributed by atoms with Gasteiger partial charge in [0.2, 0.25) is 0 Å². The normalized spacial score (nSPS) is 13.6. The van der Waals surface area contributed by atoms with E-state index in [-0.39, 0.29) is 35.1 Å². The van der Waals surface area contributed by atoms with Crippen LogP contribution in [0.15, 0.2) is 57.8 Å². The van der Waals surface area contributed by atoms with Crippen LogP contribution in [0.1, 0.15) is 37.5 Å². The molecule has 2 amide bonds. The second-order valence-corrected chi connectivity index (χ2v) is 9.41. The molecule has 5 rings (SSSR count). The number of benzene rings is 2. The number of aromatic nitrogens is 2. The molecule has 184 valence electrons. The van der Waals surface area contributed by atoms with E-state index >= 15 is 0 Å². The minimum Gasteiger partial charge on any atom is -0.472 e. The number of H-pyrrole nitrogens is 1. The van der Waals surface area contributed by atoms with Crippen LogP contribution in [0.3, 0.4) is 0 Å². The fraction of sp³-hybridized carbons (Fsp3) is 0.130. The zero-order chi connectivity index (χ0) is 25.4. The Kier molecular flexibility index (Phi) is 6.20. The molecular formula is C23H17ClFN5O5S. The summed E-state index contributed by atoms with van der Waals surface area (Å²) in [5.41, 5.74) is 1.07. The van der Waals surface area contributed by atoms with E-state index in [2.05, 4.69) is 25.3 Å². The van der Waals surface area contributed by atoms with Gasteiger partial charge in [-0.3, -0.25) is 24.0 Å². The number of hydrogen-bond acceptors (Lipinski definition) is 8. The van der Waals surface area contributed by atoms with Crippen molar-refractivity contribution in [3.05, 3.63) is 91.1 Å². The molecule has 0 saturated heterocycles. The van der Waals surface area contributed by atoms with Gasteiger partial charge in [0.05, 0.1) is 15.6 Å². The van der Waals surface area contributed by atoms with Crippen molar-refractivity contribution in [3.8, 4) is 5.75 Å². The summed E-state index contributed by atoms with van der Waals surface area (Å²) >= 11 is 7.25. The number of anilines is 2. The van der Waals surface area contributed by atoms with Crippen molar-refractivity contribution in [2.45, 2.75) is 6.04 Å². The number of amides is 2. The average Bonchev–Trinajstić information content (AvgIpc) is 3.51. The molecule has 2 aromatic heterocycles. The molecule has 3 N–H and O–H groups in total. The largest absolute Gasteiger partial charge is 0.472 e. The molecule has 1 aliphatic rings. The Bertz CT molecular complexity index is 1520. The van der Waals surface area contributed by atoms with Crippen molar-refractivity contribution < 1.29 is 23.2 Å². The smallest absolute Gasteiger partial charge is 0.438 e. The van der Waals surface area contributed by atoms with Crippen molar-refractivity contribution >= 4 is 46.1 Å². The Hall–Kier alpha value is -4.16. The first-order chi connectivity index (χ1) is 17.3. The van der Waals surface area contributed by atoms with Crippen molar-refractivity contribution in [2.24, 2.45) is 0 Å². The first kappa shape index (κ1) is 23.6. The van der Waals surface area contributed by atoms with E-state index < -0.39 is 29.4 Å². The molecule has 0 fully saturated rings. The quantitative estimate of drug-likeness (QED) is 0.346. The molecular weight excluding hydrogens is 513 g/mol. The van der Waals surface area contributed by atoms with E-state index in [1.807, 2.05) is 0 Å². The van der Waals surface area contributed by atoms with Crippen LogP contribution < -0.4 is 26.0 Å². The lowest BCUT2D eigenvalue weighted by atomic mass is 10.1. The topological polar surface area (TPSA) is 130 Å². The van der Waals surface area contributed by atoms with Gasteiger partial charge in [-0.15, -0.1) is 11.3 Å². The number of halogens is 2. The highest BCUT2D eigenvalue weighted by Crippen LogP contribution is 2.33. The fourth-order valence-corrected chi connectivity index (χ4v) is 4.81. The lowest BCUT2D eigenvalue weighted by Crippen LogP contribution is -2.38. The molecule has 0 unspecified atom stereocenters. The average molecular weight is 530 g/mol. The Labute approximate surface area is 211 Å². The van der Waals surface area contributed by atoms with Crippen LogP contribution in [0.25, 0.3) is 0 Å². The summed E-state index contributed by atoms with van der Waals surface area (Å²) in [5, 5.41) is 9.19. The number of fused-ring (bicyclic) bond motifs is 1. The van der Waals surface area contributed by atoms with Gasteiger partial charge >= 0.3 is 5.76 Å². The molecule has 4 aromatic rings. The van der Waals surface area contributed by atoms with Crippen molar-refractivity contribution in [2.75, 3.05) is 24.0 Å². The molecule has 1 atom stereocenters. The van der Waals surface area contributed by atoms with E-state index in [1.165, 1.54) is 34.4 Å². The van der Waals surface area contributed by atoms with Crippen LogP contribution in [0.4, 0.5) is 15.8 Å². The first-order valence-electron chi connectivity index (χ1n) is 10.5. The predicted molar refractivity (Wildman–Crippen MR) is 130 cm³/mol. The fourth-order valence-electron chi connectivity index (χ4n) is 3.69. The van der Waals surface area contributed by atoms with Crippen LogP contribution in [0.2, 0.25) is 4.34 Å². The van der Waals surface area contributed by atoms with E-state index in [9.17, 15) is 18.8 Å². The minimum absolute atomic E-state index is 0.0765. The number of nitrogens with one attached hydrogen (secondary N) is 3. The van der Waals surface area contributed by atoms with Crippen molar-refractivity contribution in [3.63, 3.8) is 0 Å². The summed E-state index contributed by atoms with van der Waals surface area (Å²) < 4.78 is 24.9. The summed E-state index contributed by atoms with van der Waals surface area (Å²) in [6, 6.07) is 11.3. The summed E-state index contributed by atoms with van der Waals surface area (Å²) in [6.07, 6.45) is 0. The SMILES string of the molecule is CNc1cc2c(cc1F)C(=O)N(c1ccc(C(=O)N[C@@H](c3noc(=O)[nH]3)c3ccc(Cl)s3)cc1)CO2. The van der Waals surface area contributed by atoms with Crippen LogP contribution in [-0.2, 0) is 0 Å². The Morgan fingerprint density at radius 3 is 2.64 bits per heavy atom. The Balaban J connectivity index is 1.35. The number of ether oxygens (including phenoxy) is 1. The van der Waals surface area contributed by atoms with Crippen LogP contribution in [-0.4, -0.2) is 35.7 Å². The highest BCUT2D eigenvalue weighted by atomic mass is 35.5. The van der Waals surface area contributed by atoms with Gasteiger partial charge in [-0.25, -0.2) is 9.18 Å². The van der Waals surface area contributed by atoms with Gasteiger partial charge in [0.25, 0.3) is 11.8 Å². The van der Waals surface area contributed by atoms with Crippen LogP contribution in [0.5, 0.6) is 5.75 Å². The van der Waals surface area contributed by atoms with Gasteiger partial charge in [-0.1, -0.05) is 16.8 Å². The number of carbonyl (C=O) groups is 2. The van der Waals surface area contributed by atoms with Gasteiger partial charge in [0.1, 0.15) is 17.6 Å². The molecule has 0 radical (unpaired) electrons. The van der Waals surface area contributed by atoms with Gasteiger partial charge < -0.3 is 15.4 Å². The lowest BCUT2D eigenvalue weighted by molar-refractivity contribution is 0.0932. The minimum atomic E-state index is -0.799. The van der Waals surface area contributed by atoms with E-state index in [1.54, 1.807) is 31.3 Å². The Morgan fingerprint density at radius 1 is 1.22 bits per heavy atom. The van der Waals surface area contributed by atoms with Gasteiger partial charge in [0.15, 0.2) is 12.6 Å². The summed E-state index contributed by atoms with van der Waals surface area (Å²) in [5.74, 6) is -1.83. The summed E-state index contributed by atoms with van der Waals surface area (Å²) in [7, 11) is 1.57. The highest BCUT2D eigenvalue weighted by molar-refractivity contribution is 7.16. The zero-order valence-electron chi connectivity index (χ0n) is 18.5. The molecule has 0 aliphatic carbocycles. The molecule has 0 saturated carbocycles. The number of carbonyl (C=O) groups excluding carboxylic acids is 2. The highest BCUT2D eigenvalue weighted by Gasteiger charge is 2.29. The number of hydrogen-bond donors (Lipinski definition) is 3. The molecule has 13 heteroatoms. The maximum absolute atomic E-state index is 14.2. The van der Waals surface area contributed by atoms with Gasteiger partial charge in [-0.05, 0) is 42.5 Å². The summed E-state index contributed by atoms with van der Waals surface area (Å²) in [4.78, 5) is 41.8. The number of aromatic amines is 1. The second kappa shape index (κ2) is 9.47. The maximum atomic E-state index is 14.2. The van der Waals surface area contributed by atoms with Gasteiger partial charge in [0, 0.05) is 29.2 Å². The number of thiophene rings is 1. The third-order valence-electron chi connectivity index (χ3n) is 5.49. The Morgan fingerprint density at radius 2 is 2.00 bits per heavy atom. The molecule has 0 bridgehead atoms. The summed E-state index contributed by atoms with van der Waals surface area (Å²) in [6.45, 7) is -0.0765. The predicted octanol–water partition coefficient (Wildman–Crippen LogP) is 3.77. The molecule has 3 heterocycles. The van der Waals surface area contributed by atoms with Crippen LogP contribution in [0, 0.1) is 5.82 Å². The van der Waals surface area contributed by atoms with Gasteiger partial charge in [-0.2, -0.15) is 0 Å². The third kappa shape index (κ3) is 4.43. The standard InChI is InChI=1S/C23H17ClFN5O5S/c1-26-15-9-16-13(8-14(15)25)22(32)30(10-34-16)12-4-2-11(3-5-12)21(31)27-19(17-6-7-18(24)36-17)20-28-23(33)35-29-20/h2-9,19,26H,10H2,1H3,(H,27,31)(H,28,29,33)/t19-/m1/s1. The maximum Gasteiger partial charge on any atom is 0.438 e. The van der Waals surface area contributed by atoms with E-state index in [0.29, 0.717) is 14.9 Å². The molecule has 2 aromatic carbocycles. The van der Waals surface area contributed by atoms with Crippen molar-refractivity contribution in [1.82, 2.24) is 15.5 Å². The third-order valence-corrected chi connectivity index (χ3v) is 6.78. The van der Waals surface area contributed by atoms with Crippen LogP contribution >= 0.6 is 22.9 Å². The van der Waals surface area contributed by atoms with Crippen molar-refractivity contribution in [1.29, 1.82) is 0 Å². The monoisotopic (exact) mass is 529 g/mol. The lowest BCUT2D eigenvalue weighted by Gasteiger charge is -2.29. The molecule has 10 nitrogen and oxygen atoms in total.